The maximum Gasteiger partial charge on any atom is 0.182 e. The number of aromatic nitrogens is 3. The largest absolute Gasteiger partial charge is 0.335 e. The van der Waals surface area contributed by atoms with Crippen LogP contribution in [0.15, 0.2) is 42.7 Å². The molecule has 17 heavy (non-hydrogen) atoms. The Bertz CT molecular complexity index is 734. The van der Waals surface area contributed by atoms with Gasteiger partial charge < -0.3 is 4.98 Å². The van der Waals surface area contributed by atoms with Crippen LogP contribution in [0.1, 0.15) is 5.69 Å². The van der Waals surface area contributed by atoms with Crippen LogP contribution in [0.2, 0.25) is 0 Å². The molecule has 4 heteroatoms. The second kappa shape index (κ2) is 3.82. The van der Waals surface area contributed by atoms with Crippen LogP contribution in [0, 0.1) is 11.7 Å². The number of aryl methyl sites for hydroxylation is 1. The Morgan fingerprint density at radius 2 is 2.06 bits per heavy atom. The van der Waals surface area contributed by atoms with Gasteiger partial charge in [0.25, 0.3) is 0 Å². The van der Waals surface area contributed by atoms with Gasteiger partial charge in [0.05, 0.1) is 11.2 Å². The van der Waals surface area contributed by atoms with E-state index in [-0.39, 0.29) is 0 Å². The molecule has 0 amide bonds. The third-order valence-corrected chi connectivity index (χ3v) is 3.02. The van der Waals surface area contributed by atoms with E-state index < -0.39 is 0 Å². The third-order valence-electron chi connectivity index (χ3n) is 2.72. The molecule has 3 aromatic rings. The number of imidazole rings is 1. The first-order valence-electron chi connectivity index (χ1n) is 5.38. The Morgan fingerprint density at radius 3 is 2.82 bits per heavy atom. The molecule has 0 atom stereocenters. The molecule has 2 aromatic heterocycles. The lowest BCUT2D eigenvalue weighted by Crippen LogP contribution is -1.94. The van der Waals surface area contributed by atoms with Crippen LogP contribution < -0.4 is 0 Å². The van der Waals surface area contributed by atoms with Gasteiger partial charge in [0, 0.05) is 23.5 Å². The van der Waals surface area contributed by atoms with Gasteiger partial charge in [-0.25, -0.2) is 0 Å². The van der Waals surface area contributed by atoms with Gasteiger partial charge in [-0.15, -0.1) is 0 Å². The van der Waals surface area contributed by atoms with Crippen LogP contribution in [0.25, 0.3) is 16.6 Å². The van der Waals surface area contributed by atoms with Crippen LogP contribution in [-0.4, -0.2) is 14.5 Å². The molecule has 0 radical (unpaired) electrons. The van der Waals surface area contributed by atoms with Crippen molar-refractivity contribution in [2.24, 2.45) is 0 Å². The monoisotopic (exact) mass is 241 g/mol. The zero-order valence-electron chi connectivity index (χ0n) is 9.34. The number of pyridine rings is 1. The average Bonchev–Trinajstić information content (AvgIpc) is 2.68. The van der Waals surface area contributed by atoms with E-state index in [4.69, 9.17) is 12.2 Å². The topological polar surface area (TPSA) is 33.6 Å². The van der Waals surface area contributed by atoms with Crippen LogP contribution >= 0.6 is 12.2 Å². The predicted octanol–water partition coefficient (Wildman–Crippen LogP) is 3.39. The molecule has 84 valence electrons. The van der Waals surface area contributed by atoms with Gasteiger partial charge in [-0.05, 0) is 31.3 Å². The fourth-order valence-electron chi connectivity index (χ4n) is 1.97. The first-order valence-corrected chi connectivity index (χ1v) is 5.79. The number of nitrogens with zero attached hydrogens (tertiary/aromatic N) is 2. The van der Waals surface area contributed by atoms with E-state index in [1.807, 2.05) is 35.9 Å². The van der Waals surface area contributed by atoms with E-state index >= 15 is 0 Å². The van der Waals surface area contributed by atoms with Crippen LogP contribution in [0.4, 0.5) is 0 Å². The average molecular weight is 241 g/mol. The zero-order chi connectivity index (χ0) is 11.8. The highest BCUT2D eigenvalue weighted by atomic mass is 32.1. The van der Waals surface area contributed by atoms with E-state index in [1.54, 1.807) is 6.20 Å². The van der Waals surface area contributed by atoms with Gasteiger partial charge >= 0.3 is 0 Å². The summed E-state index contributed by atoms with van der Waals surface area (Å²) in [6.07, 6.45) is 3.79. The van der Waals surface area contributed by atoms with Crippen molar-refractivity contribution in [3.63, 3.8) is 0 Å². The van der Waals surface area contributed by atoms with E-state index in [9.17, 15) is 0 Å². The summed E-state index contributed by atoms with van der Waals surface area (Å²) >= 11 is 5.30. The molecule has 1 aromatic carbocycles. The summed E-state index contributed by atoms with van der Waals surface area (Å²) in [5, 5.41) is 1.12. The summed E-state index contributed by atoms with van der Waals surface area (Å²) in [5.41, 5.74) is 3.02. The van der Waals surface area contributed by atoms with Crippen molar-refractivity contribution in [1.82, 2.24) is 14.5 Å². The van der Waals surface area contributed by atoms with Crippen molar-refractivity contribution in [3.8, 4) is 5.69 Å². The van der Waals surface area contributed by atoms with E-state index in [0.717, 1.165) is 22.3 Å². The second-order valence-corrected chi connectivity index (χ2v) is 4.35. The van der Waals surface area contributed by atoms with Gasteiger partial charge in [-0.2, -0.15) is 0 Å². The molecular weight excluding hydrogens is 230 g/mol. The highest BCUT2D eigenvalue weighted by Crippen LogP contribution is 2.20. The minimum Gasteiger partial charge on any atom is -0.335 e. The smallest absolute Gasteiger partial charge is 0.182 e. The standard InChI is InChI=1S/C13H11N3S/c1-9-8-16(13(17)15-9)11-6-2-4-10-5-3-7-14-12(10)11/h2-8H,1H3,(H,15,17). The first-order chi connectivity index (χ1) is 8.25. The fraction of sp³-hybridized carbons (Fsp3) is 0.0769. The Labute approximate surface area is 104 Å². The maximum absolute atomic E-state index is 5.30. The van der Waals surface area contributed by atoms with Crippen molar-refractivity contribution < 1.29 is 0 Å². The maximum atomic E-state index is 5.30. The molecule has 0 spiro atoms. The summed E-state index contributed by atoms with van der Waals surface area (Å²) in [6, 6.07) is 10.1. The molecular formula is C13H11N3S. The van der Waals surface area contributed by atoms with Gasteiger partial charge in [-0.3, -0.25) is 9.55 Å². The highest BCUT2D eigenvalue weighted by Gasteiger charge is 2.05. The minimum atomic E-state index is 0.695. The fourth-order valence-corrected chi connectivity index (χ4v) is 2.29. The molecule has 0 saturated heterocycles. The minimum absolute atomic E-state index is 0.695. The Kier molecular flexibility index (Phi) is 2.30. The Balaban J connectivity index is 2.38. The van der Waals surface area contributed by atoms with Gasteiger partial charge in [0.2, 0.25) is 0 Å². The van der Waals surface area contributed by atoms with Crippen molar-refractivity contribution in [3.05, 3.63) is 53.2 Å². The van der Waals surface area contributed by atoms with Gasteiger partial charge in [0.15, 0.2) is 4.77 Å². The van der Waals surface area contributed by atoms with Crippen LogP contribution in [0.5, 0.6) is 0 Å². The number of benzene rings is 1. The summed E-state index contributed by atoms with van der Waals surface area (Å²) in [6.45, 7) is 1.99. The Morgan fingerprint density at radius 1 is 1.24 bits per heavy atom. The predicted molar refractivity (Wildman–Crippen MR) is 71.0 cm³/mol. The number of rotatable bonds is 1. The van der Waals surface area contributed by atoms with Crippen molar-refractivity contribution >= 4 is 23.1 Å². The molecule has 0 unspecified atom stereocenters. The summed E-state index contributed by atoms with van der Waals surface area (Å²) in [7, 11) is 0. The number of nitrogens with one attached hydrogen (secondary N) is 1. The van der Waals surface area contributed by atoms with E-state index in [1.165, 1.54) is 0 Å². The van der Waals surface area contributed by atoms with Crippen molar-refractivity contribution in [1.29, 1.82) is 0 Å². The van der Waals surface area contributed by atoms with E-state index in [2.05, 4.69) is 22.1 Å². The number of hydrogen-bond acceptors (Lipinski definition) is 2. The van der Waals surface area contributed by atoms with Gasteiger partial charge in [-0.1, -0.05) is 18.2 Å². The van der Waals surface area contributed by atoms with Crippen LogP contribution in [0.3, 0.4) is 0 Å². The molecule has 2 heterocycles. The van der Waals surface area contributed by atoms with Crippen molar-refractivity contribution in [2.45, 2.75) is 6.92 Å². The third kappa shape index (κ3) is 1.66. The second-order valence-electron chi connectivity index (χ2n) is 3.96. The number of hydrogen-bond donors (Lipinski definition) is 1. The summed E-state index contributed by atoms with van der Waals surface area (Å²) in [4.78, 5) is 7.55. The molecule has 3 rings (SSSR count). The molecule has 0 fully saturated rings. The van der Waals surface area contributed by atoms with Gasteiger partial charge in [0.1, 0.15) is 0 Å². The molecule has 3 nitrogen and oxygen atoms in total. The van der Waals surface area contributed by atoms with Crippen LogP contribution in [-0.2, 0) is 0 Å². The molecule has 0 aliphatic heterocycles. The summed E-state index contributed by atoms with van der Waals surface area (Å²) in [5.74, 6) is 0. The molecule has 1 N–H and O–H groups in total. The number of para-hydroxylation sites is 1. The molecule has 0 aliphatic carbocycles. The van der Waals surface area contributed by atoms with E-state index in [0.29, 0.717) is 4.77 Å². The van der Waals surface area contributed by atoms with Crippen molar-refractivity contribution in [2.75, 3.05) is 0 Å². The molecule has 0 saturated carbocycles. The summed E-state index contributed by atoms with van der Waals surface area (Å²) < 4.78 is 2.65. The highest BCUT2D eigenvalue weighted by molar-refractivity contribution is 7.71. The number of fused-ring (bicyclic) bond motifs is 1. The zero-order valence-corrected chi connectivity index (χ0v) is 10.2. The normalized spacial score (nSPS) is 10.9. The number of H-pyrrole nitrogens is 1. The quantitative estimate of drug-likeness (QED) is 0.662. The SMILES string of the molecule is Cc1cn(-c2cccc3cccnc23)c(=S)[nH]1. The molecule has 0 bridgehead atoms. The lowest BCUT2D eigenvalue weighted by molar-refractivity contribution is 1.04. The first kappa shape index (κ1) is 10.2. The lowest BCUT2D eigenvalue weighted by Gasteiger charge is -2.05. The Hall–Kier alpha value is -1.94. The lowest BCUT2D eigenvalue weighted by atomic mass is 10.2. The number of aromatic amines is 1. The molecule has 0 aliphatic rings.